The van der Waals surface area contributed by atoms with Crippen molar-refractivity contribution in [3.05, 3.63) is 72.6 Å². The fourth-order valence-electron chi connectivity index (χ4n) is 3.41. The Hall–Kier alpha value is -3.41. The first-order valence-electron chi connectivity index (χ1n) is 9.99. The molecule has 0 bridgehead atoms. The number of nitrogens with zero attached hydrogens (tertiary/aromatic N) is 3. The molecule has 2 N–H and O–H groups in total. The van der Waals surface area contributed by atoms with Gasteiger partial charge < -0.3 is 15.5 Å². The molecule has 1 aliphatic rings. The van der Waals surface area contributed by atoms with E-state index in [1.54, 1.807) is 12.3 Å². The molecule has 0 aliphatic carbocycles. The van der Waals surface area contributed by atoms with E-state index in [1.165, 1.54) is 18.5 Å². The molecule has 6 heteroatoms. The first-order chi connectivity index (χ1) is 14.2. The molecule has 3 aromatic rings. The third-order valence-corrected chi connectivity index (χ3v) is 5.19. The molecular formula is C23H25N5O. The highest BCUT2D eigenvalue weighted by Crippen LogP contribution is 2.24. The second kappa shape index (κ2) is 8.73. The summed E-state index contributed by atoms with van der Waals surface area (Å²) >= 11 is 0. The lowest BCUT2D eigenvalue weighted by Crippen LogP contribution is -2.32. The average molecular weight is 387 g/mol. The molecule has 1 aromatic heterocycles. The van der Waals surface area contributed by atoms with Crippen molar-refractivity contribution >= 4 is 28.9 Å². The van der Waals surface area contributed by atoms with Gasteiger partial charge in [-0.05, 0) is 61.2 Å². The zero-order valence-corrected chi connectivity index (χ0v) is 16.5. The van der Waals surface area contributed by atoms with E-state index < -0.39 is 0 Å². The number of rotatable bonds is 5. The van der Waals surface area contributed by atoms with Crippen molar-refractivity contribution in [1.29, 1.82) is 0 Å². The van der Waals surface area contributed by atoms with E-state index in [1.807, 2.05) is 42.5 Å². The van der Waals surface area contributed by atoms with Crippen LogP contribution in [0.2, 0.25) is 0 Å². The van der Waals surface area contributed by atoms with Crippen molar-refractivity contribution in [1.82, 2.24) is 9.97 Å². The van der Waals surface area contributed by atoms with Crippen molar-refractivity contribution in [3.63, 3.8) is 0 Å². The van der Waals surface area contributed by atoms with Gasteiger partial charge in [-0.2, -0.15) is 0 Å². The molecule has 0 saturated carbocycles. The summed E-state index contributed by atoms with van der Waals surface area (Å²) in [6, 6.07) is 19.2. The van der Waals surface area contributed by atoms with Crippen molar-refractivity contribution in [2.45, 2.75) is 19.8 Å². The highest BCUT2D eigenvalue weighted by atomic mass is 16.1. The molecule has 148 valence electrons. The maximum Gasteiger partial charge on any atom is 0.274 e. The average Bonchev–Trinajstić information content (AvgIpc) is 2.76. The Morgan fingerprint density at radius 1 is 0.966 bits per heavy atom. The summed E-state index contributed by atoms with van der Waals surface area (Å²) in [5.74, 6) is 0.931. The second-order valence-electron chi connectivity index (χ2n) is 7.43. The van der Waals surface area contributed by atoms with Crippen LogP contribution in [-0.2, 0) is 0 Å². The molecule has 0 unspecified atom stereocenters. The molecule has 4 rings (SSSR count). The molecule has 0 radical (unpaired) electrons. The van der Waals surface area contributed by atoms with Crippen molar-refractivity contribution in [3.8, 4) is 0 Å². The number of amides is 1. The topological polar surface area (TPSA) is 70.2 Å². The smallest absolute Gasteiger partial charge is 0.274 e. The Balaban J connectivity index is 1.39. The fraction of sp³-hybridized carbons (Fsp3) is 0.261. The lowest BCUT2D eigenvalue weighted by Gasteiger charge is -2.32. The summed E-state index contributed by atoms with van der Waals surface area (Å²) in [6.45, 7) is 4.49. The fourth-order valence-corrected chi connectivity index (χ4v) is 3.41. The largest absolute Gasteiger partial charge is 0.372 e. The van der Waals surface area contributed by atoms with Crippen molar-refractivity contribution in [2.75, 3.05) is 28.6 Å². The Morgan fingerprint density at radius 2 is 1.69 bits per heavy atom. The maximum atomic E-state index is 12.6. The van der Waals surface area contributed by atoms with Crippen molar-refractivity contribution in [2.24, 2.45) is 5.92 Å². The SMILES string of the molecule is CC1CCN(c2ccc(NC(=O)c3ccnc(Nc4ccccc4)n3)cc2)CC1. The Labute approximate surface area is 171 Å². The zero-order chi connectivity index (χ0) is 20.1. The molecule has 1 fully saturated rings. The number of hydrogen-bond acceptors (Lipinski definition) is 5. The van der Waals surface area contributed by atoms with Crippen LogP contribution < -0.4 is 15.5 Å². The number of para-hydroxylation sites is 1. The molecule has 1 aliphatic heterocycles. The standard InChI is InChI=1S/C23H25N5O/c1-17-12-15-28(16-13-17)20-9-7-19(8-10-20)25-22(29)21-11-14-24-23(27-21)26-18-5-3-2-4-6-18/h2-11,14,17H,12-13,15-16H2,1H3,(H,25,29)(H,24,26,27). The number of benzene rings is 2. The van der Waals surface area contributed by atoms with Gasteiger partial charge in [0.25, 0.3) is 5.91 Å². The molecule has 0 spiro atoms. The summed E-state index contributed by atoms with van der Waals surface area (Å²) in [7, 11) is 0. The van der Waals surface area contributed by atoms with E-state index in [2.05, 4.69) is 44.6 Å². The third-order valence-electron chi connectivity index (χ3n) is 5.19. The third kappa shape index (κ3) is 4.90. The van der Waals surface area contributed by atoms with Gasteiger partial charge in [-0.25, -0.2) is 9.97 Å². The van der Waals surface area contributed by atoms with Gasteiger partial charge in [-0.15, -0.1) is 0 Å². The Kier molecular flexibility index (Phi) is 5.70. The molecular weight excluding hydrogens is 362 g/mol. The maximum absolute atomic E-state index is 12.6. The van der Waals surface area contributed by atoms with Crippen LogP contribution >= 0.6 is 0 Å². The van der Waals surface area contributed by atoms with Gasteiger partial charge in [-0.3, -0.25) is 4.79 Å². The zero-order valence-electron chi connectivity index (χ0n) is 16.5. The minimum Gasteiger partial charge on any atom is -0.372 e. The van der Waals surface area contributed by atoms with Gasteiger partial charge in [0, 0.05) is 36.3 Å². The summed E-state index contributed by atoms with van der Waals surface area (Å²) in [4.78, 5) is 23.5. The summed E-state index contributed by atoms with van der Waals surface area (Å²) in [5, 5.41) is 6.01. The molecule has 1 saturated heterocycles. The minimum absolute atomic E-state index is 0.261. The van der Waals surface area contributed by atoms with E-state index in [9.17, 15) is 4.79 Å². The molecule has 0 atom stereocenters. The van der Waals surface area contributed by atoms with Gasteiger partial charge in [-0.1, -0.05) is 25.1 Å². The molecule has 2 heterocycles. The van der Waals surface area contributed by atoms with E-state index >= 15 is 0 Å². The predicted molar refractivity (Wildman–Crippen MR) is 117 cm³/mol. The van der Waals surface area contributed by atoms with E-state index in [0.717, 1.165) is 30.4 Å². The van der Waals surface area contributed by atoms with E-state index in [0.29, 0.717) is 11.6 Å². The van der Waals surface area contributed by atoms with Crippen LogP contribution in [-0.4, -0.2) is 29.0 Å². The van der Waals surface area contributed by atoms with Crippen molar-refractivity contribution < 1.29 is 4.79 Å². The van der Waals surface area contributed by atoms with Crippen LogP contribution in [0.1, 0.15) is 30.3 Å². The lowest BCUT2D eigenvalue weighted by atomic mass is 9.99. The van der Waals surface area contributed by atoms with Gasteiger partial charge in [0.2, 0.25) is 5.95 Å². The van der Waals surface area contributed by atoms with Crippen LogP contribution in [0.3, 0.4) is 0 Å². The van der Waals surface area contributed by atoms with Gasteiger partial charge in [0.15, 0.2) is 0 Å². The number of aromatic nitrogens is 2. The minimum atomic E-state index is -0.261. The molecule has 1 amide bonds. The van der Waals surface area contributed by atoms with Crippen LogP contribution in [0.4, 0.5) is 23.0 Å². The highest BCUT2D eigenvalue weighted by Gasteiger charge is 2.16. The van der Waals surface area contributed by atoms with Gasteiger partial charge in [0.1, 0.15) is 5.69 Å². The number of anilines is 4. The lowest BCUT2D eigenvalue weighted by molar-refractivity contribution is 0.102. The molecule has 2 aromatic carbocycles. The van der Waals surface area contributed by atoms with Gasteiger partial charge >= 0.3 is 0 Å². The van der Waals surface area contributed by atoms with Crippen LogP contribution in [0.5, 0.6) is 0 Å². The van der Waals surface area contributed by atoms with Crippen LogP contribution in [0.25, 0.3) is 0 Å². The molecule has 6 nitrogen and oxygen atoms in total. The number of carbonyl (C=O) groups is 1. The van der Waals surface area contributed by atoms with Gasteiger partial charge in [0.05, 0.1) is 0 Å². The monoisotopic (exact) mass is 387 g/mol. The second-order valence-corrected chi connectivity index (χ2v) is 7.43. The summed E-state index contributed by atoms with van der Waals surface area (Å²) < 4.78 is 0. The number of nitrogens with one attached hydrogen (secondary N) is 2. The van der Waals surface area contributed by atoms with Crippen LogP contribution in [0, 0.1) is 5.92 Å². The first-order valence-corrected chi connectivity index (χ1v) is 9.99. The first kappa shape index (κ1) is 18.9. The number of hydrogen-bond donors (Lipinski definition) is 2. The Morgan fingerprint density at radius 3 is 2.41 bits per heavy atom. The number of carbonyl (C=O) groups excluding carboxylic acids is 1. The quantitative estimate of drug-likeness (QED) is 0.663. The Bertz CT molecular complexity index is 951. The predicted octanol–water partition coefficient (Wildman–Crippen LogP) is 4.71. The van der Waals surface area contributed by atoms with E-state index in [4.69, 9.17) is 0 Å². The summed E-state index contributed by atoms with van der Waals surface area (Å²) in [5.41, 5.74) is 3.13. The number of piperidine rings is 1. The molecule has 29 heavy (non-hydrogen) atoms. The van der Waals surface area contributed by atoms with Crippen LogP contribution in [0.15, 0.2) is 66.9 Å². The normalized spacial score (nSPS) is 14.4. The summed E-state index contributed by atoms with van der Waals surface area (Å²) in [6.07, 6.45) is 4.03. The highest BCUT2D eigenvalue weighted by molar-refractivity contribution is 6.03. The van der Waals surface area contributed by atoms with E-state index in [-0.39, 0.29) is 5.91 Å².